The summed E-state index contributed by atoms with van der Waals surface area (Å²) in [7, 11) is 1.54. The molecule has 1 aromatic heterocycles. The molecule has 1 atom stereocenters. The van der Waals surface area contributed by atoms with Gasteiger partial charge in [-0.1, -0.05) is 18.2 Å². The number of amidine groups is 1. The molecule has 0 amide bonds. The molecule has 6 nitrogen and oxygen atoms in total. The first-order chi connectivity index (χ1) is 15.5. The van der Waals surface area contributed by atoms with Crippen molar-refractivity contribution in [3.63, 3.8) is 0 Å². The molecule has 2 heterocycles. The molecule has 1 aliphatic heterocycles. The van der Waals surface area contributed by atoms with Crippen LogP contribution in [0.5, 0.6) is 5.75 Å². The predicted octanol–water partition coefficient (Wildman–Crippen LogP) is 4.49. The van der Waals surface area contributed by atoms with Crippen molar-refractivity contribution in [3.8, 4) is 16.9 Å². The highest BCUT2D eigenvalue weighted by atomic mass is 19.3. The summed E-state index contributed by atoms with van der Waals surface area (Å²) < 4.78 is 41.8. The van der Waals surface area contributed by atoms with E-state index in [1.807, 2.05) is 36.4 Å². The molecule has 1 aliphatic rings. The van der Waals surface area contributed by atoms with Crippen LogP contribution in [0.25, 0.3) is 11.1 Å². The van der Waals surface area contributed by atoms with Crippen molar-refractivity contribution in [3.05, 3.63) is 83.9 Å². The summed E-state index contributed by atoms with van der Waals surface area (Å²) in [5.41, 5.74) is 13.6. The number of halogens is 3. The second kappa shape index (κ2) is 9.32. The Hall–Kier alpha value is -3.88. The van der Waals surface area contributed by atoms with Gasteiger partial charge in [-0.25, -0.2) is 18.2 Å². The quantitative estimate of drug-likeness (QED) is 0.606. The summed E-state index contributed by atoms with van der Waals surface area (Å²) in [5, 5.41) is 0. The van der Waals surface area contributed by atoms with Gasteiger partial charge in [0.25, 0.3) is 0 Å². The molecule has 33 heavy (non-hydrogen) atoms. The monoisotopic (exact) mass is 455 g/mol. The summed E-state index contributed by atoms with van der Waals surface area (Å²) in [6.07, 6.45) is 3.31. The van der Waals surface area contributed by atoms with E-state index in [4.69, 9.17) is 16.2 Å². The van der Waals surface area contributed by atoms with Crippen LogP contribution in [-0.2, 0) is 5.54 Å². The molecule has 1 unspecified atom stereocenters. The Labute approximate surface area is 189 Å². The molecular weight excluding hydrogens is 431 g/mol. The Morgan fingerprint density at radius 3 is 2.18 bits per heavy atom. The van der Waals surface area contributed by atoms with Crippen LogP contribution >= 0.6 is 0 Å². The predicted molar refractivity (Wildman–Crippen MR) is 123 cm³/mol. The summed E-state index contributed by atoms with van der Waals surface area (Å²) >= 11 is 0. The van der Waals surface area contributed by atoms with Crippen LogP contribution in [-0.4, -0.2) is 29.8 Å². The number of nitrogens with zero attached hydrogens (tertiary/aromatic N) is 3. The van der Waals surface area contributed by atoms with E-state index in [1.54, 1.807) is 31.6 Å². The number of methoxy groups -OCH3 is 1. The average molecular weight is 455 g/mol. The molecule has 0 saturated heterocycles. The van der Waals surface area contributed by atoms with E-state index in [0.717, 1.165) is 25.0 Å². The molecule has 0 bridgehead atoms. The Kier molecular flexibility index (Phi) is 6.71. The number of alkyl halides is 2. The maximum absolute atomic E-state index is 14.5. The van der Waals surface area contributed by atoms with Gasteiger partial charge in [0.1, 0.15) is 17.4 Å². The van der Waals surface area contributed by atoms with Crippen molar-refractivity contribution in [1.82, 2.24) is 4.98 Å². The standard InChI is InChI=1S/C21H18FN5O.C3H6F2/c1-28-16-5-6-18(22)17(12-16)13-3-2-4-15(11-13)21(14-7-9-25-10-8-14)19(23)26-20(24)27-21;1-3(2,4)5/h2-12H,1H3,(H4,23,24,26,27);1-2H3. The summed E-state index contributed by atoms with van der Waals surface area (Å²) in [4.78, 5) is 12.8. The maximum atomic E-state index is 14.5. The lowest BCUT2D eigenvalue weighted by Gasteiger charge is -2.27. The number of benzene rings is 2. The van der Waals surface area contributed by atoms with Crippen molar-refractivity contribution in [1.29, 1.82) is 0 Å². The van der Waals surface area contributed by atoms with E-state index in [9.17, 15) is 13.2 Å². The highest BCUT2D eigenvalue weighted by molar-refractivity contribution is 6.08. The SMILES string of the molecule is CC(C)(F)F.COc1ccc(F)c(-c2cccc(C3(c4ccncc4)N=C(N)N=C3N)c2)c1. The lowest BCUT2D eigenvalue weighted by atomic mass is 9.82. The highest BCUT2D eigenvalue weighted by Gasteiger charge is 2.42. The van der Waals surface area contributed by atoms with E-state index < -0.39 is 11.5 Å². The van der Waals surface area contributed by atoms with Gasteiger partial charge in [-0.2, -0.15) is 4.99 Å². The molecule has 0 aliphatic carbocycles. The second-order valence-electron chi connectivity index (χ2n) is 7.67. The smallest absolute Gasteiger partial charge is 0.242 e. The van der Waals surface area contributed by atoms with E-state index in [2.05, 4.69) is 15.0 Å². The van der Waals surface area contributed by atoms with E-state index >= 15 is 0 Å². The zero-order valence-corrected chi connectivity index (χ0v) is 18.4. The normalized spacial score (nSPS) is 17.5. The molecule has 0 radical (unpaired) electrons. The van der Waals surface area contributed by atoms with Gasteiger partial charge in [0.2, 0.25) is 11.9 Å². The molecule has 0 spiro atoms. The van der Waals surface area contributed by atoms with Crippen molar-refractivity contribution in [2.45, 2.75) is 25.3 Å². The van der Waals surface area contributed by atoms with Gasteiger partial charge in [0.15, 0.2) is 5.54 Å². The van der Waals surface area contributed by atoms with Crippen LogP contribution in [0.1, 0.15) is 25.0 Å². The first-order valence-electron chi connectivity index (χ1n) is 9.97. The Bertz CT molecular complexity index is 1190. The molecule has 0 saturated carbocycles. The third-order valence-electron chi connectivity index (χ3n) is 4.75. The number of guanidine groups is 1. The summed E-state index contributed by atoms with van der Waals surface area (Å²) in [5.74, 6) is -1.95. The number of aromatic nitrogens is 1. The zero-order valence-electron chi connectivity index (χ0n) is 18.4. The van der Waals surface area contributed by atoms with Crippen LogP contribution in [0.4, 0.5) is 13.2 Å². The largest absolute Gasteiger partial charge is 0.497 e. The van der Waals surface area contributed by atoms with Gasteiger partial charge in [-0.3, -0.25) is 4.98 Å². The Morgan fingerprint density at radius 2 is 1.61 bits per heavy atom. The molecule has 0 fully saturated rings. The molecule has 172 valence electrons. The van der Waals surface area contributed by atoms with Crippen LogP contribution < -0.4 is 16.2 Å². The fourth-order valence-electron chi connectivity index (χ4n) is 3.41. The van der Waals surface area contributed by atoms with Gasteiger partial charge in [0, 0.05) is 18.0 Å². The molecule has 4 N–H and O–H groups in total. The van der Waals surface area contributed by atoms with Crippen LogP contribution in [0, 0.1) is 5.82 Å². The second-order valence-corrected chi connectivity index (χ2v) is 7.67. The van der Waals surface area contributed by atoms with Gasteiger partial charge in [-0.15, -0.1) is 0 Å². The third-order valence-corrected chi connectivity index (χ3v) is 4.75. The van der Waals surface area contributed by atoms with Gasteiger partial charge >= 0.3 is 0 Å². The van der Waals surface area contributed by atoms with Crippen molar-refractivity contribution in [2.75, 3.05) is 7.11 Å². The number of rotatable bonds is 4. The molecular formula is C24H24F3N5O. The van der Waals surface area contributed by atoms with Crippen molar-refractivity contribution >= 4 is 11.8 Å². The van der Waals surface area contributed by atoms with Crippen LogP contribution in [0.15, 0.2) is 77.0 Å². The van der Waals surface area contributed by atoms with Crippen LogP contribution in [0.3, 0.4) is 0 Å². The van der Waals surface area contributed by atoms with Crippen molar-refractivity contribution < 1.29 is 17.9 Å². The first kappa shape index (κ1) is 23.8. The Morgan fingerprint density at radius 1 is 0.939 bits per heavy atom. The fraction of sp³-hybridized carbons (Fsp3) is 0.208. The molecule has 2 aromatic carbocycles. The number of hydrogen-bond acceptors (Lipinski definition) is 6. The minimum Gasteiger partial charge on any atom is -0.497 e. The molecule has 4 rings (SSSR count). The lowest BCUT2D eigenvalue weighted by Crippen LogP contribution is -2.38. The molecule has 9 heteroatoms. The summed E-state index contributed by atoms with van der Waals surface area (Å²) in [6.45, 7) is 1.71. The van der Waals surface area contributed by atoms with Crippen LogP contribution in [0.2, 0.25) is 0 Å². The third kappa shape index (κ3) is 5.31. The highest BCUT2D eigenvalue weighted by Crippen LogP contribution is 2.39. The van der Waals surface area contributed by atoms with E-state index in [0.29, 0.717) is 16.9 Å². The van der Waals surface area contributed by atoms with Gasteiger partial charge < -0.3 is 16.2 Å². The minimum absolute atomic E-state index is 0.0901. The number of pyridine rings is 1. The fourth-order valence-corrected chi connectivity index (χ4v) is 3.41. The topological polar surface area (TPSA) is 98.9 Å². The lowest BCUT2D eigenvalue weighted by molar-refractivity contribution is 0.0437. The number of aliphatic imine (C=N–C) groups is 2. The number of hydrogen-bond donors (Lipinski definition) is 2. The van der Waals surface area contributed by atoms with Gasteiger partial charge in [-0.05, 0) is 66.9 Å². The minimum atomic E-state index is -2.50. The zero-order chi connectivity index (χ0) is 24.2. The maximum Gasteiger partial charge on any atom is 0.242 e. The van der Waals surface area contributed by atoms with Gasteiger partial charge in [0.05, 0.1) is 7.11 Å². The molecule has 3 aromatic rings. The van der Waals surface area contributed by atoms with E-state index in [-0.39, 0.29) is 17.6 Å². The summed E-state index contributed by atoms with van der Waals surface area (Å²) in [6, 6.07) is 15.6. The Balaban J connectivity index is 0.000000555. The number of ether oxygens (including phenoxy) is 1. The first-order valence-corrected chi connectivity index (χ1v) is 9.97. The van der Waals surface area contributed by atoms with E-state index in [1.165, 1.54) is 6.07 Å². The number of nitrogens with two attached hydrogens (primary N) is 2. The average Bonchev–Trinajstić information content (AvgIpc) is 3.08. The van der Waals surface area contributed by atoms with Crippen molar-refractivity contribution in [2.24, 2.45) is 21.5 Å².